The molecule has 0 bridgehead atoms. The zero-order chi connectivity index (χ0) is 11.4. The van der Waals surface area contributed by atoms with Crippen molar-refractivity contribution in [3.05, 3.63) is 12.2 Å². The van der Waals surface area contributed by atoms with E-state index in [4.69, 9.17) is 23.2 Å². The van der Waals surface area contributed by atoms with Crippen LogP contribution in [0.5, 0.6) is 0 Å². The molecule has 84 valence electrons. The highest BCUT2D eigenvalue weighted by Crippen LogP contribution is 2.32. The SMILES string of the molecule is CC(C)=NNC(=O)C1CC=CC1C(Cl)Cl. The molecule has 0 fully saturated rings. The summed E-state index contributed by atoms with van der Waals surface area (Å²) >= 11 is 11.6. The molecule has 1 rings (SSSR count). The van der Waals surface area contributed by atoms with Crippen LogP contribution in [0.4, 0.5) is 0 Å². The second-order valence-electron chi connectivity index (χ2n) is 3.72. The van der Waals surface area contributed by atoms with Crippen molar-refractivity contribution in [3.63, 3.8) is 0 Å². The third-order valence-corrected chi connectivity index (χ3v) is 2.81. The van der Waals surface area contributed by atoms with E-state index in [1.807, 2.05) is 26.0 Å². The number of carbonyl (C=O) groups is 1. The molecule has 0 aliphatic heterocycles. The van der Waals surface area contributed by atoms with Gasteiger partial charge in [-0.25, -0.2) is 5.43 Å². The van der Waals surface area contributed by atoms with Gasteiger partial charge in [-0.1, -0.05) is 12.2 Å². The van der Waals surface area contributed by atoms with Crippen LogP contribution in [0, 0.1) is 11.8 Å². The maximum absolute atomic E-state index is 11.7. The van der Waals surface area contributed by atoms with Gasteiger partial charge in [-0.05, 0) is 20.3 Å². The summed E-state index contributed by atoms with van der Waals surface area (Å²) in [6, 6.07) is 0. The number of nitrogens with zero attached hydrogens (tertiary/aromatic N) is 1. The molecule has 1 aliphatic carbocycles. The van der Waals surface area contributed by atoms with Crippen LogP contribution >= 0.6 is 23.2 Å². The van der Waals surface area contributed by atoms with Gasteiger partial charge in [0.05, 0.1) is 5.92 Å². The summed E-state index contributed by atoms with van der Waals surface area (Å²) in [7, 11) is 0. The first-order chi connectivity index (χ1) is 7.02. The molecule has 1 aliphatic rings. The molecule has 5 heteroatoms. The average molecular weight is 249 g/mol. The molecule has 3 nitrogen and oxygen atoms in total. The van der Waals surface area contributed by atoms with Crippen molar-refractivity contribution in [3.8, 4) is 0 Å². The lowest BCUT2D eigenvalue weighted by Crippen LogP contribution is -2.32. The highest BCUT2D eigenvalue weighted by atomic mass is 35.5. The van der Waals surface area contributed by atoms with Crippen LogP contribution in [0.1, 0.15) is 20.3 Å². The number of alkyl halides is 2. The third kappa shape index (κ3) is 3.50. The van der Waals surface area contributed by atoms with Gasteiger partial charge in [0.15, 0.2) is 0 Å². The molecule has 2 unspecified atom stereocenters. The first-order valence-electron chi connectivity index (χ1n) is 4.78. The second-order valence-corrected chi connectivity index (χ2v) is 4.88. The minimum absolute atomic E-state index is 0.110. The zero-order valence-corrected chi connectivity index (χ0v) is 10.2. The molecule has 0 aromatic rings. The fourth-order valence-electron chi connectivity index (χ4n) is 1.46. The van der Waals surface area contributed by atoms with E-state index in [-0.39, 0.29) is 17.7 Å². The number of rotatable bonds is 3. The van der Waals surface area contributed by atoms with Gasteiger partial charge in [0, 0.05) is 11.6 Å². The van der Waals surface area contributed by atoms with Gasteiger partial charge in [0.1, 0.15) is 4.84 Å². The molecule has 0 radical (unpaired) electrons. The van der Waals surface area contributed by atoms with E-state index in [9.17, 15) is 4.79 Å². The van der Waals surface area contributed by atoms with Crippen molar-refractivity contribution in [2.24, 2.45) is 16.9 Å². The number of nitrogens with one attached hydrogen (secondary N) is 1. The van der Waals surface area contributed by atoms with Gasteiger partial charge < -0.3 is 0 Å². The molecule has 0 saturated heterocycles. The summed E-state index contributed by atoms with van der Waals surface area (Å²) < 4.78 is 0. The Morgan fingerprint density at radius 1 is 1.53 bits per heavy atom. The maximum atomic E-state index is 11.7. The quantitative estimate of drug-likeness (QED) is 0.355. The van der Waals surface area contributed by atoms with Crippen LogP contribution in [-0.4, -0.2) is 16.5 Å². The second kappa shape index (κ2) is 5.52. The highest BCUT2D eigenvalue weighted by Gasteiger charge is 2.33. The molecule has 0 saturated carbocycles. The maximum Gasteiger partial charge on any atom is 0.244 e. The number of allylic oxidation sites excluding steroid dienone is 2. The molecule has 1 N–H and O–H groups in total. The number of hydrogen-bond acceptors (Lipinski definition) is 2. The Labute approximate surface area is 99.5 Å². The largest absolute Gasteiger partial charge is 0.273 e. The van der Waals surface area contributed by atoms with E-state index in [1.54, 1.807) is 0 Å². The number of hydrogen-bond donors (Lipinski definition) is 1. The van der Waals surface area contributed by atoms with Gasteiger partial charge in [-0.3, -0.25) is 4.79 Å². The number of amides is 1. The average Bonchev–Trinajstić information content (AvgIpc) is 2.62. The van der Waals surface area contributed by atoms with Crippen molar-refractivity contribution >= 4 is 34.8 Å². The lowest BCUT2D eigenvalue weighted by molar-refractivity contribution is -0.125. The van der Waals surface area contributed by atoms with E-state index in [0.29, 0.717) is 6.42 Å². The van der Waals surface area contributed by atoms with Crippen LogP contribution in [0.3, 0.4) is 0 Å². The fourth-order valence-corrected chi connectivity index (χ4v) is 1.98. The van der Waals surface area contributed by atoms with E-state index >= 15 is 0 Å². The Kier molecular flexibility index (Phi) is 4.61. The summed E-state index contributed by atoms with van der Waals surface area (Å²) in [6.07, 6.45) is 4.48. The topological polar surface area (TPSA) is 41.5 Å². The van der Waals surface area contributed by atoms with Gasteiger partial charge >= 0.3 is 0 Å². The molecule has 0 aromatic heterocycles. The molecule has 2 atom stereocenters. The Morgan fingerprint density at radius 2 is 2.20 bits per heavy atom. The van der Waals surface area contributed by atoms with Crippen LogP contribution in [0.25, 0.3) is 0 Å². The number of halogens is 2. The summed E-state index contributed by atoms with van der Waals surface area (Å²) in [5.74, 6) is -0.439. The van der Waals surface area contributed by atoms with Crippen LogP contribution in [-0.2, 0) is 4.79 Å². The number of carbonyl (C=O) groups excluding carboxylic acids is 1. The minimum Gasteiger partial charge on any atom is -0.273 e. The van der Waals surface area contributed by atoms with Crippen LogP contribution in [0.2, 0.25) is 0 Å². The monoisotopic (exact) mass is 248 g/mol. The highest BCUT2D eigenvalue weighted by molar-refractivity contribution is 6.44. The van der Waals surface area contributed by atoms with E-state index in [2.05, 4.69) is 10.5 Å². The summed E-state index contributed by atoms with van der Waals surface area (Å²) in [5.41, 5.74) is 3.31. The molecular formula is C10H14Cl2N2O. The van der Waals surface area contributed by atoms with Gasteiger partial charge in [-0.15, -0.1) is 23.2 Å². The van der Waals surface area contributed by atoms with Crippen molar-refractivity contribution in [1.29, 1.82) is 0 Å². The predicted molar refractivity (Wildman–Crippen MR) is 63.2 cm³/mol. The minimum atomic E-state index is -0.550. The van der Waals surface area contributed by atoms with Crippen LogP contribution < -0.4 is 5.43 Å². The lowest BCUT2D eigenvalue weighted by atomic mass is 9.96. The summed E-state index contributed by atoms with van der Waals surface area (Å²) in [5, 5.41) is 3.87. The van der Waals surface area contributed by atoms with Crippen molar-refractivity contribution in [1.82, 2.24) is 5.43 Å². The van der Waals surface area contributed by atoms with E-state index < -0.39 is 4.84 Å². The third-order valence-electron chi connectivity index (χ3n) is 2.23. The Balaban J connectivity index is 2.57. The zero-order valence-electron chi connectivity index (χ0n) is 8.71. The first kappa shape index (κ1) is 12.5. The van der Waals surface area contributed by atoms with Crippen molar-refractivity contribution in [2.45, 2.75) is 25.1 Å². The molecule has 1 amide bonds. The van der Waals surface area contributed by atoms with E-state index in [1.165, 1.54) is 0 Å². The predicted octanol–water partition coefficient (Wildman–Crippen LogP) is 2.49. The Bertz CT molecular complexity index is 296. The lowest BCUT2D eigenvalue weighted by Gasteiger charge is -2.18. The van der Waals surface area contributed by atoms with Crippen LogP contribution in [0.15, 0.2) is 17.3 Å². The molecular weight excluding hydrogens is 235 g/mol. The van der Waals surface area contributed by atoms with Crippen molar-refractivity contribution in [2.75, 3.05) is 0 Å². The molecule has 15 heavy (non-hydrogen) atoms. The van der Waals surface area contributed by atoms with Crippen molar-refractivity contribution < 1.29 is 4.79 Å². The normalized spacial score (nSPS) is 24.3. The fraction of sp³-hybridized carbons (Fsp3) is 0.600. The summed E-state index contributed by atoms with van der Waals surface area (Å²) in [4.78, 5) is 11.1. The smallest absolute Gasteiger partial charge is 0.244 e. The number of hydrazone groups is 1. The molecule has 0 aromatic carbocycles. The van der Waals surface area contributed by atoms with E-state index in [0.717, 1.165) is 5.71 Å². The standard InChI is InChI=1S/C10H14Cl2N2O/c1-6(2)13-14-10(15)8-5-3-4-7(8)9(11)12/h3-4,7-9H,5H2,1-2H3,(H,14,15). The van der Waals surface area contributed by atoms with Gasteiger partial charge in [-0.2, -0.15) is 5.10 Å². The summed E-state index contributed by atoms with van der Waals surface area (Å²) in [6.45, 7) is 3.63. The molecule has 0 spiro atoms. The molecule has 0 heterocycles. The Hall–Kier alpha value is -0.540. The first-order valence-corrected chi connectivity index (χ1v) is 5.65. The van der Waals surface area contributed by atoms with Gasteiger partial charge in [0.25, 0.3) is 0 Å². The Morgan fingerprint density at radius 3 is 2.73 bits per heavy atom. The van der Waals surface area contributed by atoms with Gasteiger partial charge in [0.2, 0.25) is 5.91 Å².